The van der Waals surface area contributed by atoms with Gasteiger partial charge in [-0.15, -0.1) is 11.6 Å². The number of alkyl halides is 1. The lowest BCUT2D eigenvalue weighted by molar-refractivity contribution is -0.137. The third-order valence-corrected chi connectivity index (χ3v) is 2.69. The van der Waals surface area contributed by atoms with Gasteiger partial charge in [-0.2, -0.15) is 0 Å². The van der Waals surface area contributed by atoms with Gasteiger partial charge in [-0.05, 0) is 25.5 Å². The second-order valence-electron chi connectivity index (χ2n) is 3.68. The topological polar surface area (TPSA) is 49.4 Å². The van der Waals surface area contributed by atoms with Crippen molar-refractivity contribution in [1.82, 2.24) is 5.32 Å². The summed E-state index contributed by atoms with van der Waals surface area (Å²) in [6.07, 6.45) is 0.651. The first-order valence-corrected chi connectivity index (χ1v) is 6.44. The molecule has 98 valence electrons. The van der Waals surface area contributed by atoms with Gasteiger partial charge in [-0.1, -0.05) is 18.2 Å². The average Bonchev–Trinajstić information content (AvgIpc) is 2.41. The van der Waals surface area contributed by atoms with Gasteiger partial charge in [0.2, 0.25) is 0 Å². The number of nitrogens with zero attached hydrogens (tertiary/aromatic N) is 1. The Morgan fingerprint density at radius 3 is 2.50 bits per heavy atom. The standard InChI is InChI=1S/C13H17ClN2O2/c1-2-16(11-7-4-3-5-8-11)13(18)12(17)15-10-6-9-14/h3-5,7-8H,2,6,9-10H2,1H3,(H,15,17). The molecule has 18 heavy (non-hydrogen) atoms. The Kier molecular flexibility index (Phi) is 6.22. The molecule has 0 aromatic heterocycles. The zero-order valence-corrected chi connectivity index (χ0v) is 11.1. The number of para-hydroxylation sites is 1. The quantitative estimate of drug-likeness (QED) is 0.503. The summed E-state index contributed by atoms with van der Waals surface area (Å²) in [4.78, 5) is 25.0. The molecule has 0 saturated carbocycles. The minimum absolute atomic E-state index is 0.417. The van der Waals surface area contributed by atoms with Crippen LogP contribution in [0.3, 0.4) is 0 Å². The van der Waals surface area contributed by atoms with E-state index in [-0.39, 0.29) is 0 Å². The fourth-order valence-corrected chi connectivity index (χ4v) is 1.65. The van der Waals surface area contributed by atoms with Gasteiger partial charge < -0.3 is 10.2 Å². The van der Waals surface area contributed by atoms with Gasteiger partial charge in [0.25, 0.3) is 0 Å². The summed E-state index contributed by atoms with van der Waals surface area (Å²) in [6, 6.07) is 9.12. The number of carbonyl (C=O) groups excluding carboxylic acids is 2. The van der Waals surface area contributed by atoms with Crippen LogP contribution < -0.4 is 10.2 Å². The summed E-state index contributed by atoms with van der Waals surface area (Å²) >= 11 is 5.50. The molecule has 0 unspecified atom stereocenters. The number of amides is 2. The molecule has 0 aliphatic carbocycles. The molecule has 5 heteroatoms. The highest BCUT2D eigenvalue weighted by Gasteiger charge is 2.21. The highest BCUT2D eigenvalue weighted by molar-refractivity contribution is 6.40. The van der Waals surface area contributed by atoms with Crippen molar-refractivity contribution >= 4 is 29.1 Å². The molecule has 1 aromatic carbocycles. The van der Waals surface area contributed by atoms with Crippen LogP contribution in [0, 0.1) is 0 Å². The van der Waals surface area contributed by atoms with E-state index in [0.29, 0.717) is 25.4 Å². The second kappa shape index (κ2) is 7.71. The van der Waals surface area contributed by atoms with Crippen molar-refractivity contribution in [2.45, 2.75) is 13.3 Å². The molecule has 0 bridgehead atoms. The number of carbonyl (C=O) groups is 2. The largest absolute Gasteiger partial charge is 0.348 e. The highest BCUT2D eigenvalue weighted by atomic mass is 35.5. The Bertz CT molecular complexity index is 395. The van der Waals surface area contributed by atoms with E-state index < -0.39 is 11.8 Å². The van der Waals surface area contributed by atoms with Crippen LogP contribution >= 0.6 is 11.6 Å². The van der Waals surface area contributed by atoms with Gasteiger partial charge in [-0.25, -0.2) is 0 Å². The number of hydrogen-bond acceptors (Lipinski definition) is 2. The molecule has 0 heterocycles. The van der Waals surface area contributed by atoms with Crippen molar-refractivity contribution in [3.05, 3.63) is 30.3 Å². The van der Waals surface area contributed by atoms with Crippen LogP contribution in [0.25, 0.3) is 0 Å². The Hall–Kier alpha value is -1.55. The van der Waals surface area contributed by atoms with E-state index in [1.165, 1.54) is 4.90 Å². The lowest BCUT2D eigenvalue weighted by atomic mass is 10.2. The fraction of sp³-hybridized carbons (Fsp3) is 0.385. The summed E-state index contributed by atoms with van der Waals surface area (Å²) in [5, 5.41) is 2.55. The van der Waals surface area contributed by atoms with Crippen molar-refractivity contribution in [3.63, 3.8) is 0 Å². The first-order chi connectivity index (χ1) is 8.70. The van der Waals surface area contributed by atoms with E-state index in [2.05, 4.69) is 5.32 Å². The van der Waals surface area contributed by atoms with Crippen LogP contribution in [0.4, 0.5) is 5.69 Å². The van der Waals surface area contributed by atoms with E-state index in [9.17, 15) is 9.59 Å². The van der Waals surface area contributed by atoms with Crippen LogP contribution in [0.15, 0.2) is 30.3 Å². The molecule has 0 spiro atoms. The normalized spacial score (nSPS) is 9.89. The van der Waals surface area contributed by atoms with Gasteiger partial charge in [0.1, 0.15) is 0 Å². The highest BCUT2D eigenvalue weighted by Crippen LogP contribution is 2.12. The number of halogens is 1. The van der Waals surface area contributed by atoms with E-state index in [0.717, 1.165) is 5.69 Å². The summed E-state index contributed by atoms with van der Waals surface area (Å²) in [7, 11) is 0. The predicted octanol–water partition coefficient (Wildman–Crippen LogP) is 1.78. The molecule has 4 nitrogen and oxygen atoms in total. The van der Waals surface area contributed by atoms with Gasteiger partial charge in [0.05, 0.1) is 0 Å². The molecule has 0 aliphatic rings. The van der Waals surface area contributed by atoms with Crippen LogP contribution in [0.1, 0.15) is 13.3 Å². The molecule has 0 saturated heterocycles. The lowest BCUT2D eigenvalue weighted by Gasteiger charge is -2.20. The number of nitrogens with one attached hydrogen (secondary N) is 1. The SMILES string of the molecule is CCN(C(=O)C(=O)NCCCCl)c1ccccc1. The number of likely N-dealkylation sites (N-methyl/N-ethyl adjacent to an activating group) is 1. The first-order valence-electron chi connectivity index (χ1n) is 5.91. The summed E-state index contributed by atoms with van der Waals surface area (Å²) < 4.78 is 0. The van der Waals surface area contributed by atoms with Gasteiger partial charge in [0, 0.05) is 24.7 Å². The van der Waals surface area contributed by atoms with E-state index in [4.69, 9.17) is 11.6 Å². The van der Waals surface area contributed by atoms with Crippen molar-refractivity contribution in [3.8, 4) is 0 Å². The van der Waals surface area contributed by atoms with Crippen molar-refractivity contribution in [2.75, 3.05) is 23.9 Å². The zero-order chi connectivity index (χ0) is 13.4. The molecule has 1 N–H and O–H groups in total. The smallest absolute Gasteiger partial charge is 0.316 e. The molecule has 0 aliphatic heterocycles. The maximum atomic E-state index is 11.9. The van der Waals surface area contributed by atoms with Crippen LogP contribution in [0.5, 0.6) is 0 Å². The molecule has 2 amide bonds. The maximum Gasteiger partial charge on any atom is 0.316 e. The monoisotopic (exact) mass is 268 g/mol. The third kappa shape index (κ3) is 4.04. The number of hydrogen-bond donors (Lipinski definition) is 1. The van der Waals surface area contributed by atoms with Crippen LogP contribution in [-0.2, 0) is 9.59 Å². The van der Waals surface area contributed by atoms with Crippen molar-refractivity contribution in [1.29, 1.82) is 0 Å². The predicted molar refractivity (Wildman–Crippen MR) is 72.8 cm³/mol. The Morgan fingerprint density at radius 2 is 1.94 bits per heavy atom. The molecule has 0 radical (unpaired) electrons. The Labute approximate surface area is 112 Å². The molecule has 1 aromatic rings. The molecular weight excluding hydrogens is 252 g/mol. The van der Waals surface area contributed by atoms with Gasteiger partial charge in [0.15, 0.2) is 0 Å². The minimum Gasteiger partial charge on any atom is -0.348 e. The molecule has 1 rings (SSSR count). The lowest BCUT2D eigenvalue weighted by Crippen LogP contribution is -2.43. The number of benzene rings is 1. The van der Waals surface area contributed by atoms with E-state index in [1.54, 1.807) is 12.1 Å². The zero-order valence-electron chi connectivity index (χ0n) is 10.4. The first kappa shape index (κ1) is 14.5. The fourth-order valence-electron chi connectivity index (χ4n) is 1.52. The molecule has 0 fully saturated rings. The summed E-state index contributed by atoms with van der Waals surface area (Å²) in [5.74, 6) is -0.672. The number of rotatable bonds is 5. The molecular formula is C13H17ClN2O2. The van der Waals surface area contributed by atoms with Gasteiger partial charge in [-0.3, -0.25) is 9.59 Å². The summed E-state index contributed by atoms with van der Waals surface area (Å²) in [6.45, 7) is 2.70. The van der Waals surface area contributed by atoms with Gasteiger partial charge >= 0.3 is 11.8 Å². The molecule has 0 atom stereocenters. The maximum absolute atomic E-state index is 11.9. The summed E-state index contributed by atoms with van der Waals surface area (Å²) in [5.41, 5.74) is 0.720. The van der Waals surface area contributed by atoms with Crippen LogP contribution in [0.2, 0.25) is 0 Å². The minimum atomic E-state index is -0.592. The van der Waals surface area contributed by atoms with E-state index in [1.807, 2.05) is 25.1 Å². The second-order valence-corrected chi connectivity index (χ2v) is 4.06. The third-order valence-electron chi connectivity index (χ3n) is 2.42. The Balaban J connectivity index is 2.65. The van der Waals surface area contributed by atoms with Crippen molar-refractivity contribution in [2.24, 2.45) is 0 Å². The number of anilines is 1. The van der Waals surface area contributed by atoms with E-state index >= 15 is 0 Å². The van der Waals surface area contributed by atoms with Crippen molar-refractivity contribution < 1.29 is 9.59 Å². The Morgan fingerprint density at radius 1 is 1.28 bits per heavy atom. The average molecular weight is 269 g/mol. The van der Waals surface area contributed by atoms with Crippen LogP contribution in [-0.4, -0.2) is 30.8 Å².